The lowest BCUT2D eigenvalue weighted by atomic mass is 9.87. The molecule has 0 saturated heterocycles. The number of rotatable bonds is 6. The Bertz CT molecular complexity index is 784. The molecule has 2 aromatic rings. The SMILES string of the molecule is Cc1ccc(Cl)cc1NC(=O)CCCOc1ccc(C(C)(C)C)cc1Br. The molecule has 26 heavy (non-hydrogen) atoms. The van der Waals surface area contributed by atoms with E-state index >= 15 is 0 Å². The zero-order chi connectivity index (χ0) is 19.3. The van der Waals surface area contributed by atoms with Gasteiger partial charge in [-0.05, 0) is 70.1 Å². The van der Waals surface area contributed by atoms with Crippen LogP contribution in [0.15, 0.2) is 40.9 Å². The summed E-state index contributed by atoms with van der Waals surface area (Å²) in [4.78, 5) is 12.1. The lowest BCUT2D eigenvalue weighted by Gasteiger charge is -2.20. The summed E-state index contributed by atoms with van der Waals surface area (Å²) in [6, 6.07) is 11.6. The average Bonchev–Trinajstić information content (AvgIpc) is 2.55. The number of hydrogen-bond acceptors (Lipinski definition) is 2. The molecule has 0 fully saturated rings. The van der Waals surface area contributed by atoms with Gasteiger partial charge in [0.1, 0.15) is 5.75 Å². The molecule has 3 nitrogen and oxygen atoms in total. The third kappa shape index (κ3) is 6.03. The van der Waals surface area contributed by atoms with E-state index in [1.54, 1.807) is 6.07 Å². The fourth-order valence-electron chi connectivity index (χ4n) is 2.44. The maximum Gasteiger partial charge on any atom is 0.224 e. The van der Waals surface area contributed by atoms with Crippen LogP contribution in [0, 0.1) is 6.92 Å². The number of nitrogens with one attached hydrogen (secondary N) is 1. The molecule has 0 aromatic heterocycles. The average molecular weight is 439 g/mol. The van der Waals surface area contributed by atoms with E-state index in [1.165, 1.54) is 5.56 Å². The molecule has 0 bridgehead atoms. The Morgan fingerprint density at radius 1 is 1.19 bits per heavy atom. The summed E-state index contributed by atoms with van der Waals surface area (Å²) >= 11 is 9.54. The van der Waals surface area contributed by atoms with Crippen molar-refractivity contribution in [1.29, 1.82) is 0 Å². The summed E-state index contributed by atoms with van der Waals surface area (Å²) < 4.78 is 6.73. The number of benzene rings is 2. The Morgan fingerprint density at radius 2 is 1.92 bits per heavy atom. The molecule has 0 unspecified atom stereocenters. The highest BCUT2D eigenvalue weighted by Crippen LogP contribution is 2.31. The van der Waals surface area contributed by atoms with Gasteiger partial charge in [-0.2, -0.15) is 0 Å². The van der Waals surface area contributed by atoms with Crippen LogP contribution in [0.3, 0.4) is 0 Å². The maximum absolute atomic E-state index is 12.1. The Hall–Kier alpha value is -1.52. The van der Waals surface area contributed by atoms with Gasteiger partial charge in [-0.25, -0.2) is 0 Å². The first-order valence-electron chi connectivity index (χ1n) is 8.65. The largest absolute Gasteiger partial charge is 0.492 e. The van der Waals surface area contributed by atoms with Crippen LogP contribution >= 0.6 is 27.5 Å². The van der Waals surface area contributed by atoms with Crippen molar-refractivity contribution < 1.29 is 9.53 Å². The van der Waals surface area contributed by atoms with Crippen LogP contribution in [0.2, 0.25) is 5.02 Å². The second kappa shape index (κ2) is 8.92. The number of ether oxygens (including phenoxy) is 1. The van der Waals surface area contributed by atoms with E-state index in [-0.39, 0.29) is 11.3 Å². The van der Waals surface area contributed by atoms with Gasteiger partial charge in [0, 0.05) is 17.1 Å². The molecule has 0 spiro atoms. The first kappa shape index (κ1) is 20.8. The van der Waals surface area contributed by atoms with E-state index in [0.29, 0.717) is 24.5 Å². The van der Waals surface area contributed by atoms with Gasteiger partial charge in [0.05, 0.1) is 11.1 Å². The molecule has 0 heterocycles. The molecule has 0 radical (unpaired) electrons. The fraction of sp³-hybridized carbons (Fsp3) is 0.381. The summed E-state index contributed by atoms with van der Waals surface area (Å²) in [5.41, 5.74) is 3.08. The number of hydrogen-bond donors (Lipinski definition) is 1. The summed E-state index contributed by atoms with van der Waals surface area (Å²) in [6.07, 6.45) is 1.03. The molecular formula is C21H25BrClNO2. The maximum atomic E-state index is 12.1. The van der Waals surface area contributed by atoms with Gasteiger partial charge in [0.15, 0.2) is 0 Å². The van der Waals surface area contributed by atoms with Crippen LogP contribution in [0.4, 0.5) is 5.69 Å². The molecule has 0 aliphatic heterocycles. The van der Waals surface area contributed by atoms with Gasteiger partial charge in [0.25, 0.3) is 0 Å². The van der Waals surface area contributed by atoms with E-state index in [1.807, 2.05) is 25.1 Å². The molecule has 1 amide bonds. The van der Waals surface area contributed by atoms with Gasteiger partial charge in [-0.3, -0.25) is 4.79 Å². The first-order chi connectivity index (χ1) is 12.2. The predicted molar refractivity (Wildman–Crippen MR) is 112 cm³/mol. The summed E-state index contributed by atoms with van der Waals surface area (Å²) in [5, 5.41) is 3.51. The Balaban J connectivity index is 1.81. The topological polar surface area (TPSA) is 38.3 Å². The monoisotopic (exact) mass is 437 g/mol. The van der Waals surface area contributed by atoms with Crippen LogP contribution in [0.5, 0.6) is 5.75 Å². The molecule has 2 rings (SSSR count). The lowest BCUT2D eigenvalue weighted by Crippen LogP contribution is -2.14. The third-order valence-corrected chi connectivity index (χ3v) is 4.93. The number of carbonyl (C=O) groups excluding carboxylic acids is 1. The Morgan fingerprint density at radius 3 is 2.58 bits per heavy atom. The minimum atomic E-state index is -0.0406. The van der Waals surface area contributed by atoms with E-state index < -0.39 is 0 Å². The normalized spacial score (nSPS) is 11.3. The molecule has 5 heteroatoms. The third-order valence-electron chi connectivity index (χ3n) is 4.08. The first-order valence-corrected chi connectivity index (χ1v) is 9.83. The molecule has 0 saturated carbocycles. The number of halogens is 2. The number of amides is 1. The number of aryl methyl sites for hydroxylation is 1. The second-order valence-corrected chi connectivity index (χ2v) is 8.65. The molecule has 140 valence electrons. The summed E-state index contributed by atoms with van der Waals surface area (Å²) in [6.45, 7) is 8.95. The van der Waals surface area contributed by atoms with E-state index in [2.05, 4.69) is 54.2 Å². The standard InChI is InChI=1S/C21H25BrClNO2/c1-14-7-9-16(23)13-18(14)24-20(25)6-5-11-26-19-10-8-15(12-17(19)22)21(2,3)4/h7-10,12-13H,5-6,11H2,1-4H3,(H,24,25). The van der Waals surface area contributed by atoms with Gasteiger partial charge in [-0.15, -0.1) is 0 Å². The summed E-state index contributed by atoms with van der Waals surface area (Å²) in [5.74, 6) is 0.755. The fourth-order valence-corrected chi connectivity index (χ4v) is 3.11. The molecule has 0 aliphatic carbocycles. The van der Waals surface area contributed by atoms with E-state index in [4.69, 9.17) is 16.3 Å². The zero-order valence-electron chi connectivity index (χ0n) is 15.7. The molecule has 0 atom stereocenters. The number of anilines is 1. The molecule has 0 aliphatic rings. The Labute approximate surface area is 169 Å². The molecular weight excluding hydrogens is 414 g/mol. The lowest BCUT2D eigenvalue weighted by molar-refractivity contribution is -0.116. The van der Waals surface area contributed by atoms with Crippen LogP contribution in [-0.4, -0.2) is 12.5 Å². The summed E-state index contributed by atoms with van der Waals surface area (Å²) in [7, 11) is 0. The minimum Gasteiger partial charge on any atom is -0.492 e. The van der Waals surface area contributed by atoms with Crippen molar-refractivity contribution in [3.8, 4) is 5.75 Å². The zero-order valence-corrected chi connectivity index (χ0v) is 18.0. The van der Waals surface area contributed by atoms with Crippen molar-refractivity contribution in [2.75, 3.05) is 11.9 Å². The van der Waals surface area contributed by atoms with Crippen molar-refractivity contribution in [3.05, 3.63) is 57.0 Å². The van der Waals surface area contributed by atoms with E-state index in [0.717, 1.165) is 21.5 Å². The van der Waals surface area contributed by atoms with Crippen molar-refractivity contribution in [1.82, 2.24) is 0 Å². The highest BCUT2D eigenvalue weighted by atomic mass is 79.9. The van der Waals surface area contributed by atoms with Crippen LogP contribution in [0.1, 0.15) is 44.7 Å². The van der Waals surface area contributed by atoms with Gasteiger partial charge < -0.3 is 10.1 Å². The van der Waals surface area contributed by atoms with Crippen LogP contribution in [0.25, 0.3) is 0 Å². The smallest absolute Gasteiger partial charge is 0.224 e. The highest BCUT2D eigenvalue weighted by molar-refractivity contribution is 9.10. The predicted octanol–water partition coefficient (Wildman–Crippen LogP) is 6.51. The van der Waals surface area contributed by atoms with Crippen LogP contribution in [-0.2, 0) is 10.2 Å². The van der Waals surface area contributed by atoms with Crippen LogP contribution < -0.4 is 10.1 Å². The van der Waals surface area contributed by atoms with Crippen molar-refractivity contribution in [3.63, 3.8) is 0 Å². The Kier molecular flexibility index (Phi) is 7.13. The highest BCUT2D eigenvalue weighted by Gasteiger charge is 2.15. The minimum absolute atomic E-state index is 0.0406. The molecule has 1 N–H and O–H groups in total. The number of carbonyl (C=O) groups is 1. The quantitative estimate of drug-likeness (QED) is 0.522. The molecule has 2 aromatic carbocycles. The van der Waals surface area contributed by atoms with Gasteiger partial charge in [-0.1, -0.05) is 44.5 Å². The van der Waals surface area contributed by atoms with Crippen molar-refractivity contribution >= 4 is 39.1 Å². The van der Waals surface area contributed by atoms with Gasteiger partial charge in [0.2, 0.25) is 5.91 Å². The second-order valence-electron chi connectivity index (χ2n) is 7.35. The van der Waals surface area contributed by atoms with Crippen molar-refractivity contribution in [2.24, 2.45) is 0 Å². The van der Waals surface area contributed by atoms with Crippen molar-refractivity contribution in [2.45, 2.75) is 46.0 Å². The van der Waals surface area contributed by atoms with Gasteiger partial charge >= 0.3 is 0 Å². The van der Waals surface area contributed by atoms with E-state index in [9.17, 15) is 4.79 Å².